The second kappa shape index (κ2) is 10.2. The van der Waals surface area contributed by atoms with Crippen LogP contribution in [0.3, 0.4) is 0 Å². The monoisotopic (exact) mass is 404 g/mol. The van der Waals surface area contributed by atoms with Crippen molar-refractivity contribution in [3.63, 3.8) is 0 Å². The Morgan fingerprint density at radius 1 is 0.931 bits per heavy atom. The van der Waals surface area contributed by atoms with Crippen LogP contribution in [0, 0.1) is 0 Å². The summed E-state index contributed by atoms with van der Waals surface area (Å²) in [6.07, 6.45) is 1.54. The molecule has 0 aromatic heterocycles. The predicted molar refractivity (Wildman–Crippen MR) is 115 cm³/mol. The second-order valence-electron chi connectivity index (χ2n) is 6.13. The van der Waals surface area contributed by atoms with E-state index in [1.54, 1.807) is 54.7 Å². The molecule has 0 aliphatic heterocycles. The molecule has 3 aromatic rings. The quantitative estimate of drug-likeness (QED) is 0.206. The molecule has 3 rings (SSSR count). The highest BCUT2D eigenvalue weighted by atomic mass is 32.2. The number of benzene rings is 3. The topological polar surface area (TPSA) is 67.8 Å². The Bertz CT molecular complexity index is 974. The number of carbonyl (C=O) groups excluding carboxylic acids is 2. The van der Waals surface area contributed by atoms with E-state index in [9.17, 15) is 9.59 Å². The lowest BCUT2D eigenvalue weighted by atomic mass is 10.2. The molecular formula is C23H20N2O3S. The molecule has 6 heteroatoms. The Morgan fingerprint density at radius 3 is 2.21 bits per heavy atom. The third-order valence-corrected chi connectivity index (χ3v) is 5.03. The van der Waals surface area contributed by atoms with Crippen LogP contribution in [0.25, 0.3) is 0 Å². The number of rotatable bonds is 7. The fraction of sp³-hybridized carbons (Fsp3) is 0.0870. The molecule has 0 spiro atoms. The van der Waals surface area contributed by atoms with Crippen LogP contribution in [-0.2, 0) is 4.79 Å². The van der Waals surface area contributed by atoms with Gasteiger partial charge in [0, 0.05) is 4.90 Å². The number of thioether (sulfide) groups is 1. The first-order valence-corrected chi connectivity index (χ1v) is 9.92. The van der Waals surface area contributed by atoms with Crippen molar-refractivity contribution in [2.24, 2.45) is 5.10 Å². The van der Waals surface area contributed by atoms with Gasteiger partial charge in [0.1, 0.15) is 5.75 Å². The molecule has 0 saturated heterocycles. The van der Waals surface area contributed by atoms with Gasteiger partial charge in [-0.25, -0.2) is 10.2 Å². The molecule has 0 saturated carbocycles. The normalized spacial score (nSPS) is 11.8. The molecule has 0 aliphatic carbocycles. The average molecular weight is 404 g/mol. The number of nitrogens with one attached hydrogen (secondary N) is 1. The zero-order valence-electron chi connectivity index (χ0n) is 15.8. The van der Waals surface area contributed by atoms with Crippen LogP contribution >= 0.6 is 11.8 Å². The standard InChI is InChI=1S/C23H20N2O3S/c1-17(29-21-10-6-3-7-11-21)22(26)25-24-16-18-12-14-20(15-13-18)28-23(27)19-8-4-2-5-9-19/h2-17H,1H3,(H,25,26)/b24-16-/t17-/m0/s1. The summed E-state index contributed by atoms with van der Waals surface area (Å²) in [7, 11) is 0. The number of nitrogens with zero attached hydrogens (tertiary/aromatic N) is 1. The summed E-state index contributed by atoms with van der Waals surface area (Å²) in [5, 5.41) is 3.73. The minimum absolute atomic E-state index is 0.177. The summed E-state index contributed by atoms with van der Waals surface area (Å²) in [4.78, 5) is 25.2. The molecule has 1 atom stereocenters. The number of hydrazone groups is 1. The van der Waals surface area contributed by atoms with Crippen LogP contribution in [0.15, 0.2) is 94.9 Å². The van der Waals surface area contributed by atoms with E-state index in [0.717, 1.165) is 10.5 Å². The molecule has 3 aromatic carbocycles. The maximum absolute atomic E-state index is 12.1. The van der Waals surface area contributed by atoms with Crippen molar-refractivity contribution in [2.75, 3.05) is 0 Å². The Labute approximate surface area is 173 Å². The molecule has 0 bridgehead atoms. The predicted octanol–water partition coefficient (Wildman–Crippen LogP) is 4.54. The molecule has 1 amide bonds. The number of esters is 1. The number of amides is 1. The third kappa shape index (κ3) is 6.33. The zero-order valence-corrected chi connectivity index (χ0v) is 16.6. The Kier molecular flexibility index (Phi) is 7.19. The minimum atomic E-state index is -0.413. The number of hydrogen-bond acceptors (Lipinski definition) is 5. The first kappa shape index (κ1) is 20.4. The number of ether oxygens (including phenoxy) is 1. The van der Waals surface area contributed by atoms with Gasteiger partial charge in [-0.3, -0.25) is 4.79 Å². The molecule has 0 unspecified atom stereocenters. The third-order valence-electron chi connectivity index (χ3n) is 3.91. The van der Waals surface area contributed by atoms with Crippen molar-refractivity contribution < 1.29 is 14.3 Å². The molecule has 29 heavy (non-hydrogen) atoms. The molecule has 0 fully saturated rings. The lowest BCUT2D eigenvalue weighted by Gasteiger charge is -2.09. The SMILES string of the molecule is C[C@H](Sc1ccccc1)C(=O)N/N=C\c1ccc(OC(=O)c2ccccc2)cc1. The molecule has 0 aliphatic rings. The van der Waals surface area contributed by atoms with Gasteiger partial charge in [0.2, 0.25) is 0 Å². The van der Waals surface area contributed by atoms with Gasteiger partial charge < -0.3 is 4.74 Å². The minimum Gasteiger partial charge on any atom is -0.423 e. The summed E-state index contributed by atoms with van der Waals surface area (Å²) in [5.41, 5.74) is 3.80. The van der Waals surface area contributed by atoms with Gasteiger partial charge in [0.25, 0.3) is 5.91 Å². The summed E-state index contributed by atoms with van der Waals surface area (Å²) in [6.45, 7) is 1.83. The van der Waals surface area contributed by atoms with Crippen LogP contribution < -0.4 is 10.2 Å². The Hall–Kier alpha value is -3.38. The van der Waals surface area contributed by atoms with Crippen molar-refractivity contribution in [2.45, 2.75) is 17.1 Å². The van der Waals surface area contributed by atoms with E-state index in [-0.39, 0.29) is 11.2 Å². The highest BCUT2D eigenvalue weighted by molar-refractivity contribution is 8.00. The largest absolute Gasteiger partial charge is 0.423 e. The maximum atomic E-state index is 12.1. The summed E-state index contributed by atoms with van der Waals surface area (Å²) in [5.74, 6) is -0.152. The molecule has 0 heterocycles. The Balaban J connectivity index is 1.49. The van der Waals surface area contributed by atoms with Gasteiger partial charge in [0.15, 0.2) is 0 Å². The average Bonchev–Trinajstić information content (AvgIpc) is 2.76. The van der Waals surface area contributed by atoms with Gasteiger partial charge in [-0.2, -0.15) is 5.10 Å². The van der Waals surface area contributed by atoms with Crippen molar-refractivity contribution in [1.82, 2.24) is 5.43 Å². The smallest absolute Gasteiger partial charge is 0.343 e. The van der Waals surface area contributed by atoms with Crippen LogP contribution in [0.5, 0.6) is 5.75 Å². The number of hydrogen-bond donors (Lipinski definition) is 1. The molecule has 146 valence electrons. The van der Waals surface area contributed by atoms with Crippen molar-refractivity contribution in [3.8, 4) is 5.75 Å². The summed E-state index contributed by atoms with van der Waals surface area (Å²) >= 11 is 1.47. The lowest BCUT2D eigenvalue weighted by molar-refractivity contribution is -0.120. The lowest BCUT2D eigenvalue weighted by Crippen LogP contribution is -2.26. The first-order chi connectivity index (χ1) is 14.1. The van der Waals surface area contributed by atoms with E-state index in [1.807, 2.05) is 43.3 Å². The summed E-state index contributed by atoms with van der Waals surface area (Å²) in [6, 6.07) is 25.4. The van der Waals surface area contributed by atoms with E-state index in [2.05, 4.69) is 10.5 Å². The zero-order chi connectivity index (χ0) is 20.5. The van der Waals surface area contributed by atoms with Crippen molar-refractivity contribution in [3.05, 3.63) is 96.1 Å². The highest BCUT2D eigenvalue weighted by Gasteiger charge is 2.13. The van der Waals surface area contributed by atoms with Crippen LogP contribution in [-0.4, -0.2) is 23.3 Å². The van der Waals surface area contributed by atoms with E-state index >= 15 is 0 Å². The van der Waals surface area contributed by atoms with Crippen molar-refractivity contribution >= 4 is 29.9 Å². The molecule has 5 nitrogen and oxygen atoms in total. The Morgan fingerprint density at radius 2 is 1.55 bits per heavy atom. The van der Waals surface area contributed by atoms with E-state index in [4.69, 9.17) is 4.74 Å². The molecular weight excluding hydrogens is 384 g/mol. The van der Waals surface area contributed by atoms with Gasteiger partial charge in [-0.1, -0.05) is 36.4 Å². The van der Waals surface area contributed by atoms with Crippen LogP contribution in [0.4, 0.5) is 0 Å². The number of carbonyl (C=O) groups is 2. The maximum Gasteiger partial charge on any atom is 0.343 e. The van der Waals surface area contributed by atoms with Gasteiger partial charge in [-0.05, 0) is 61.0 Å². The van der Waals surface area contributed by atoms with E-state index in [1.165, 1.54) is 11.8 Å². The highest BCUT2D eigenvalue weighted by Crippen LogP contribution is 2.22. The van der Waals surface area contributed by atoms with Crippen LogP contribution in [0.2, 0.25) is 0 Å². The summed E-state index contributed by atoms with van der Waals surface area (Å²) < 4.78 is 5.33. The van der Waals surface area contributed by atoms with Crippen molar-refractivity contribution in [1.29, 1.82) is 0 Å². The first-order valence-electron chi connectivity index (χ1n) is 9.04. The fourth-order valence-corrected chi connectivity index (χ4v) is 3.26. The second-order valence-corrected chi connectivity index (χ2v) is 7.55. The molecule has 0 radical (unpaired) electrons. The van der Waals surface area contributed by atoms with Crippen LogP contribution in [0.1, 0.15) is 22.8 Å². The van der Waals surface area contributed by atoms with Gasteiger partial charge >= 0.3 is 5.97 Å². The molecule has 1 N–H and O–H groups in total. The van der Waals surface area contributed by atoms with Gasteiger partial charge in [0.05, 0.1) is 17.0 Å². The fourth-order valence-electron chi connectivity index (χ4n) is 2.38. The van der Waals surface area contributed by atoms with Gasteiger partial charge in [-0.15, -0.1) is 11.8 Å². The van der Waals surface area contributed by atoms with E-state index < -0.39 is 5.97 Å². The van der Waals surface area contributed by atoms with E-state index in [0.29, 0.717) is 11.3 Å².